The summed E-state index contributed by atoms with van der Waals surface area (Å²) in [7, 11) is 0. The number of hydrogen-bond donors (Lipinski definition) is 2. The number of amides is 2. The standard InChI is InChI=1S/C13H16N2O4/c1-9-3-2-4-10(11(9)12(16)17)14-13(18)15-5-7-19-8-6-15/h2-4H,5-8H2,1H3,(H,14,18)(H,16,17). The van der Waals surface area contributed by atoms with Gasteiger partial charge < -0.3 is 20.1 Å². The molecule has 19 heavy (non-hydrogen) atoms. The highest BCUT2D eigenvalue weighted by molar-refractivity contribution is 6.01. The molecule has 1 aliphatic rings. The second-order valence-corrected chi connectivity index (χ2v) is 4.33. The average Bonchev–Trinajstić information content (AvgIpc) is 2.39. The first-order valence-corrected chi connectivity index (χ1v) is 6.06. The molecule has 6 nitrogen and oxygen atoms in total. The Hall–Kier alpha value is -2.08. The van der Waals surface area contributed by atoms with Gasteiger partial charge in [-0.25, -0.2) is 9.59 Å². The number of anilines is 1. The number of aromatic carboxylic acids is 1. The van der Waals surface area contributed by atoms with E-state index in [1.807, 2.05) is 0 Å². The number of rotatable bonds is 2. The van der Waals surface area contributed by atoms with Crippen LogP contribution < -0.4 is 5.32 Å². The summed E-state index contributed by atoms with van der Waals surface area (Å²) >= 11 is 0. The van der Waals surface area contributed by atoms with Crippen LogP contribution in [-0.4, -0.2) is 48.3 Å². The van der Waals surface area contributed by atoms with Gasteiger partial charge in [-0.3, -0.25) is 0 Å². The number of morpholine rings is 1. The van der Waals surface area contributed by atoms with Crippen molar-refractivity contribution < 1.29 is 19.4 Å². The Bertz CT molecular complexity index is 495. The van der Waals surface area contributed by atoms with Crippen LogP contribution in [0.15, 0.2) is 18.2 Å². The second kappa shape index (κ2) is 5.71. The van der Waals surface area contributed by atoms with E-state index < -0.39 is 5.97 Å². The number of carboxylic acid groups (broad SMARTS) is 1. The van der Waals surface area contributed by atoms with E-state index >= 15 is 0 Å². The van der Waals surface area contributed by atoms with E-state index in [1.54, 1.807) is 30.0 Å². The number of ether oxygens (including phenoxy) is 1. The summed E-state index contributed by atoms with van der Waals surface area (Å²) in [5.74, 6) is -1.05. The van der Waals surface area contributed by atoms with Crippen LogP contribution in [0.5, 0.6) is 0 Å². The molecule has 0 aromatic heterocycles. The van der Waals surface area contributed by atoms with Gasteiger partial charge in [0.1, 0.15) is 0 Å². The normalized spacial score (nSPS) is 15.1. The fraction of sp³-hybridized carbons (Fsp3) is 0.385. The van der Waals surface area contributed by atoms with Gasteiger partial charge in [-0.1, -0.05) is 12.1 Å². The van der Waals surface area contributed by atoms with E-state index in [0.717, 1.165) is 0 Å². The molecular formula is C13H16N2O4. The van der Waals surface area contributed by atoms with Crippen molar-refractivity contribution in [3.63, 3.8) is 0 Å². The quantitative estimate of drug-likeness (QED) is 0.849. The lowest BCUT2D eigenvalue weighted by Gasteiger charge is -2.27. The van der Waals surface area contributed by atoms with Gasteiger partial charge >= 0.3 is 12.0 Å². The fourth-order valence-corrected chi connectivity index (χ4v) is 2.02. The molecule has 2 amide bonds. The van der Waals surface area contributed by atoms with E-state index in [2.05, 4.69) is 5.32 Å². The summed E-state index contributed by atoms with van der Waals surface area (Å²) in [5, 5.41) is 11.8. The van der Waals surface area contributed by atoms with Crippen molar-refractivity contribution >= 4 is 17.7 Å². The molecule has 0 spiro atoms. The number of nitrogens with zero attached hydrogens (tertiary/aromatic N) is 1. The third kappa shape index (κ3) is 3.03. The molecular weight excluding hydrogens is 248 g/mol. The zero-order valence-electron chi connectivity index (χ0n) is 10.7. The van der Waals surface area contributed by atoms with E-state index in [1.165, 1.54) is 0 Å². The lowest BCUT2D eigenvalue weighted by molar-refractivity contribution is 0.0564. The van der Waals surface area contributed by atoms with Crippen LogP contribution in [0.25, 0.3) is 0 Å². The van der Waals surface area contributed by atoms with Crippen molar-refractivity contribution in [1.82, 2.24) is 4.90 Å². The van der Waals surface area contributed by atoms with Crippen molar-refractivity contribution in [2.75, 3.05) is 31.6 Å². The number of carbonyl (C=O) groups excluding carboxylic acids is 1. The van der Waals surface area contributed by atoms with Crippen LogP contribution in [0.4, 0.5) is 10.5 Å². The zero-order valence-corrected chi connectivity index (χ0v) is 10.7. The van der Waals surface area contributed by atoms with Crippen molar-refractivity contribution in [3.05, 3.63) is 29.3 Å². The molecule has 0 saturated carbocycles. The van der Waals surface area contributed by atoms with E-state index in [0.29, 0.717) is 37.6 Å². The van der Waals surface area contributed by atoms with Crippen LogP contribution in [0, 0.1) is 6.92 Å². The Morgan fingerprint density at radius 1 is 1.32 bits per heavy atom. The summed E-state index contributed by atoms with van der Waals surface area (Å²) in [4.78, 5) is 24.8. The summed E-state index contributed by atoms with van der Waals surface area (Å²) in [6.45, 7) is 3.74. The van der Waals surface area contributed by atoms with Crippen molar-refractivity contribution in [2.24, 2.45) is 0 Å². The average molecular weight is 264 g/mol. The molecule has 0 bridgehead atoms. The number of nitrogens with one attached hydrogen (secondary N) is 1. The molecule has 1 fully saturated rings. The maximum atomic E-state index is 12.0. The summed E-state index contributed by atoms with van der Waals surface area (Å²) in [6.07, 6.45) is 0. The molecule has 2 rings (SSSR count). The number of carbonyl (C=O) groups is 2. The summed E-state index contributed by atoms with van der Waals surface area (Å²) in [6, 6.07) is 4.72. The number of benzene rings is 1. The van der Waals surface area contributed by atoms with Crippen LogP contribution in [0.3, 0.4) is 0 Å². The highest BCUT2D eigenvalue weighted by atomic mass is 16.5. The first kappa shape index (κ1) is 13.4. The van der Waals surface area contributed by atoms with Crippen molar-refractivity contribution in [2.45, 2.75) is 6.92 Å². The number of carboxylic acids is 1. The highest BCUT2D eigenvalue weighted by Crippen LogP contribution is 2.20. The van der Waals surface area contributed by atoms with E-state index in [9.17, 15) is 14.7 Å². The molecule has 1 saturated heterocycles. The topological polar surface area (TPSA) is 78.9 Å². The lowest BCUT2D eigenvalue weighted by Crippen LogP contribution is -2.43. The minimum Gasteiger partial charge on any atom is -0.478 e. The van der Waals surface area contributed by atoms with Gasteiger partial charge in [-0.2, -0.15) is 0 Å². The molecule has 6 heteroatoms. The Morgan fingerprint density at radius 3 is 2.63 bits per heavy atom. The van der Waals surface area contributed by atoms with Crippen LogP contribution >= 0.6 is 0 Å². The molecule has 1 aliphatic heterocycles. The minimum atomic E-state index is -1.05. The van der Waals surface area contributed by atoms with Crippen LogP contribution in [-0.2, 0) is 4.74 Å². The molecule has 0 aliphatic carbocycles. The van der Waals surface area contributed by atoms with Gasteiger partial charge in [0.25, 0.3) is 0 Å². The first-order valence-electron chi connectivity index (χ1n) is 6.06. The zero-order chi connectivity index (χ0) is 13.8. The molecule has 0 unspecified atom stereocenters. The van der Waals surface area contributed by atoms with Crippen molar-refractivity contribution in [1.29, 1.82) is 0 Å². The Kier molecular flexibility index (Phi) is 4.01. The van der Waals surface area contributed by atoms with Crippen LogP contribution in [0.1, 0.15) is 15.9 Å². The largest absolute Gasteiger partial charge is 0.478 e. The smallest absolute Gasteiger partial charge is 0.338 e. The predicted octanol–water partition coefficient (Wildman–Crippen LogP) is 1.56. The van der Waals surface area contributed by atoms with Gasteiger partial charge in [0, 0.05) is 13.1 Å². The van der Waals surface area contributed by atoms with Gasteiger partial charge in [-0.05, 0) is 18.6 Å². The molecule has 0 radical (unpaired) electrons. The lowest BCUT2D eigenvalue weighted by atomic mass is 10.1. The van der Waals surface area contributed by atoms with Gasteiger partial charge in [-0.15, -0.1) is 0 Å². The highest BCUT2D eigenvalue weighted by Gasteiger charge is 2.20. The van der Waals surface area contributed by atoms with E-state index in [4.69, 9.17) is 4.74 Å². The molecule has 2 N–H and O–H groups in total. The second-order valence-electron chi connectivity index (χ2n) is 4.33. The maximum Gasteiger partial charge on any atom is 0.338 e. The summed E-state index contributed by atoms with van der Waals surface area (Å²) in [5.41, 5.74) is 1.07. The molecule has 1 heterocycles. The molecule has 1 aromatic rings. The minimum absolute atomic E-state index is 0.129. The number of aryl methyl sites for hydroxylation is 1. The molecule has 0 atom stereocenters. The molecule has 102 valence electrons. The monoisotopic (exact) mass is 264 g/mol. The Morgan fingerprint density at radius 2 is 2.00 bits per heavy atom. The first-order chi connectivity index (χ1) is 9.09. The number of hydrogen-bond acceptors (Lipinski definition) is 3. The van der Waals surface area contributed by atoms with Crippen molar-refractivity contribution in [3.8, 4) is 0 Å². The van der Waals surface area contributed by atoms with Gasteiger partial charge in [0.2, 0.25) is 0 Å². The van der Waals surface area contributed by atoms with Gasteiger partial charge in [0.05, 0.1) is 24.5 Å². The SMILES string of the molecule is Cc1cccc(NC(=O)N2CCOCC2)c1C(=O)O. The number of urea groups is 1. The maximum absolute atomic E-state index is 12.0. The molecule has 1 aromatic carbocycles. The third-order valence-corrected chi connectivity index (χ3v) is 3.03. The third-order valence-electron chi connectivity index (χ3n) is 3.03. The van der Waals surface area contributed by atoms with Crippen LogP contribution in [0.2, 0.25) is 0 Å². The fourth-order valence-electron chi connectivity index (χ4n) is 2.02. The Labute approximate surface area is 111 Å². The van der Waals surface area contributed by atoms with E-state index in [-0.39, 0.29) is 11.6 Å². The predicted molar refractivity (Wildman–Crippen MR) is 69.5 cm³/mol. The summed E-state index contributed by atoms with van der Waals surface area (Å²) < 4.78 is 5.17. The van der Waals surface area contributed by atoms with Gasteiger partial charge in [0.15, 0.2) is 0 Å². The Balaban J connectivity index is 2.16.